The third-order valence-electron chi connectivity index (χ3n) is 5.41. The number of rotatable bonds is 11. The normalized spacial score (nSPS) is 10.7. The van der Waals surface area contributed by atoms with Gasteiger partial charge in [-0.3, -0.25) is 4.79 Å². The molecule has 0 saturated carbocycles. The molecule has 0 aliphatic rings. The van der Waals surface area contributed by atoms with E-state index in [2.05, 4.69) is 19.7 Å². The van der Waals surface area contributed by atoms with E-state index in [0.29, 0.717) is 16.7 Å². The minimum atomic E-state index is -1.21. The number of hydrogen-bond acceptors (Lipinski definition) is 7. The van der Waals surface area contributed by atoms with Gasteiger partial charge in [-0.05, 0) is 31.4 Å². The first-order chi connectivity index (χ1) is 16.8. The largest absolute Gasteiger partial charge is 0.507 e. The van der Waals surface area contributed by atoms with Crippen LogP contribution in [-0.2, 0) is 24.1 Å². The molecule has 182 valence electrons. The first-order valence-corrected chi connectivity index (χ1v) is 10.7. The molecule has 0 radical (unpaired) electrons. The topological polar surface area (TPSA) is 126 Å². The molecule has 1 heterocycles. The Bertz CT molecular complexity index is 1380. The second-order valence-electron chi connectivity index (χ2n) is 7.62. The molecule has 2 aromatic carbocycles. The van der Waals surface area contributed by atoms with Gasteiger partial charge in [0.15, 0.2) is 23.5 Å². The predicted octanol–water partition coefficient (Wildman–Crippen LogP) is 4.53. The van der Waals surface area contributed by atoms with Crippen LogP contribution in [0.4, 0.5) is 0 Å². The molecule has 3 rings (SSSR count). The van der Waals surface area contributed by atoms with E-state index in [-0.39, 0.29) is 64.6 Å². The number of carboxylic acids is 1. The lowest BCUT2D eigenvalue weighted by Gasteiger charge is -2.19. The molecule has 0 spiro atoms. The fraction of sp³-hybridized carbons (Fsp3) is 0.185. The summed E-state index contributed by atoms with van der Waals surface area (Å²) in [4.78, 5) is 24.4. The third-order valence-corrected chi connectivity index (χ3v) is 5.41. The summed E-state index contributed by atoms with van der Waals surface area (Å²) in [6.07, 6.45) is 5.19. The number of aliphatic carboxylic acids is 1. The first kappa shape index (κ1) is 25.2. The number of phenols is 2. The molecule has 8 nitrogen and oxygen atoms in total. The summed E-state index contributed by atoms with van der Waals surface area (Å²) in [5.41, 5.74) is 0.932. The average Bonchev–Trinajstić information content (AvgIpc) is 2.82. The maximum Gasteiger partial charge on any atom is 0.341 e. The molecule has 0 bridgehead atoms. The standard InChI is InChI=1S/C27H26O8/c1-5-8-16-15(11-12-20(33-4)24(16)31)21-13-19(28)23-25(32)17(9-6-2)26(34-14-22(29)30)18(10-7-3)27(23)35-21/h5-7,11-13,31-32H,1-3,8-10,14H2,4H3,(H,29,30). The number of hydrogen-bond donors (Lipinski definition) is 3. The summed E-state index contributed by atoms with van der Waals surface area (Å²) in [6.45, 7) is 10.5. The van der Waals surface area contributed by atoms with Gasteiger partial charge < -0.3 is 29.2 Å². The number of benzene rings is 2. The van der Waals surface area contributed by atoms with Gasteiger partial charge in [0.25, 0.3) is 0 Å². The van der Waals surface area contributed by atoms with Crippen LogP contribution in [0.1, 0.15) is 16.7 Å². The smallest absolute Gasteiger partial charge is 0.341 e. The molecule has 3 aromatic rings. The zero-order chi connectivity index (χ0) is 25.7. The van der Waals surface area contributed by atoms with Crippen molar-refractivity contribution in [2.45, 2.75) is 19.3 Å². The Morgan fingerprint density at radius 3 is 2.23 bits per heavy atom. The molecule has 0 fully saturated rings. The maximum atomic E-state index is 13.2. The van der Waals surface area contributed by atoms with E-state index in [1.807, 2.05) is 0 Å². The summed E-state index contributed by atoms with van der Waals surface area (Å²) in [6, 6.07) is 4.41. The molecule has 0 atom stereocenters. The summed E-state index contributed by atoms with van der Waals surface area (Å²) in [5, 5.41) is 30.7. The highest BCUT2D eigenvalue weighted by Crippen LogP contribution is 2.43. The van der Waals surface area contributed by atoms with E-state index in [4.69, 9.17) is 19.0 Å². The zero-order valence-electron chi connectivity index (χ0n) is 19.3. The lowest BCUT2D eigenvalue weighted by atomic mass is 9.96. The lowest BCUT2D eigenvalue weighted by Crippen LogP contribution is -2.13. The number of fused-ring (bicyclic) bond motifs is 1. The van der Waals surface area contributed by atoms with Gasteiger partial charge in [-0.15, -0.1) is 19.7 Å². The van der Waals surface area contributed by atoms with Crippen LogP contribution in [0, 0.1) is 0 Å². The van der Waals surface area contributed by atoms with Crippen molar-refractivity contribution in [3.8, 4) is 34.3 Å². The monoisotopic (exact) mass is 478 g/mol. The third kappa shape index (κ3) is 4.77. The number of carbonyl (C=O) groups is 1. The molecule has 0 aliphatic heterocycles. The molecule has 1 aromatic heterocycles. The molecule has 0 amide bonds. The van der Waals surface area contributed by atoms with Gasteiger partial charge in [-0.1, -0.05) is 18.2 Å². The van der Waals surface area contributed by atoms with Crippen LogP contribution in [0.5, 0.6) is 23.0 Å². The first-order valence-electron chi connectivity index (χ1n) is 10.7. The van der Waals surface area contributed by atoms with Crippen molar-refractivity contribution in [1.82, 2.24) is 0 Å². The van der Waals surface area contributed by atoms with Gasteiger partial charge >= 0.3 is 5.97 Å². The minimum absolute atomic E-state index is 0.0259. The van der Waals surface area contributed by atoms with Crippen molar-refractivity contribution in [3.63, 3.8) is 0 Å². The van der Waals surface area contributed by atoms with Crippen molar-refractivity contribution in [2.75, 3.05) is 13.7 Å². The van der Waals surface area contributed by atoms with E-state index in [9.17, 15) is 19.8 Å². The van der Waals surface area contributed by atoms with Crippen LogP contribution in [0.3, 0.4) is 0 Å². The maximum absolute atomic E-state index is 13.2. The molecule has 35 heavy (non-hydrogen) atoms. The van der Waals surface area contributed by atoms with E-state index in [1.165, 1.54) is 25.3 Å². The van der Waals surface area contributed by atoms with Crippen molar-refractivity contribution >= 4 is 16.9 Å². The van der Waals surface area contributed by atoms with Crippen LogP contribution < -0.4 is 14.9 Å². The number of aromatic hydroxyl groups is 2. The van der Waals surface area contributed by atoms with E-state index in [1.54, 1.807) is 18.2 Å². The summed E-state index contributed by atoms with van der Waals surface area (Å²) in [7, 11) is 1.42. The minimum Gasteiger partial charge on any atom is -0.507 e. The van der Waals surface area contributed by atoms with Gasteiger partial charge in [0.05, 0.1) is 7.11 Å². The second kappa shape index (κ2) is 10.6. The molecule has 0 unspecified atom stereocenters. The fourth-order valence-corrected chi connectivity index (χ4v) is 3.94. The number of phenolic OH excluding ortho intramolecular Hbond substituents is 2. The Kier molecular flexibility index (Phi) is 7.66. The Morgan fingerprint density at radius 2 is 1.63 bits per heavy atom. The fourth-order valence-electron chi connectivity index (χ4n) is 3.94. The van der Waals surface area contributed by atoms with Crippen LogP contribution in [0.25, 0.3) is 22.3 Å². The van der Waals surface area contributed by atoms with Gasteiger partial charge in [-0.2, -0.15) is 0 Å². The molecule has 3 N–H and O–H groups in total. The van der Waals surface area contributed by atoms with E-state index < -0.39 is 18.0 Å². The lowest BCUT2D eigenvalue weighted by molar-refractivity contribution is -0.139. The molecule has 8 heteroatoms. The Labute approximate surface area is 201 Å². The van der Waals surface area contributed by atoms with Crippen LogP contribution in [0.2, 0.25) is 0 Å². The van der Waals surface area contributed by atoms with Gasteiger partial charge in [0.2, 0.25) is 0 Å². The molecular formula is C27H26O8. The highest BCUT2D eigenvalue weighted by atomic mass is 16.5. The highest BCUT2D eigenvalue weighted by Gasteiger charge is 2.25. The predicted molar refractivity (Wildman–Crippen MR) is 133 cm³/mol. The Hall–Kier alpha value is -4.46. The molecule has 0 aliphatic carbocycles. The van der Waals surface area contributed by atoms with Gasteiger partial charge in [0.1, 0.15) is 28.2 Å². The quantitative estimate of drug-likeness (QED) is 0.343. The summed E-state index contributed by atoms with van der Waals surface area (Å²) < 4.78 is 16.9. The number of methoxy groups -OCH3 is 1. The number of allylic oxidation sites excluding steroid dienone is 3. The van der Waals surface area contributed by atoms with Crippen LogP contribution in [-0.4, -0.2) is 35.0 Å². The van der Waals surface area contributed by atoms with Gasteiger partial charge in [-0.25, -0.2) is 4.79 Å². The number of ether oxygens (including phenoxy) is 2. The van der Waals surface area contributed by atoms with E-state index in [0.717, 1.165) is 0 Å². The summed E-state index contributed by atoms with van der Waals surface area (Å²) >= 11 is 0. The van der Waals surface area contributed by atoms with Crippen molar-refractivity contribution in [1.29, 1.82) is 0 Å². The van der Waals surface area contributed by atoms with Crippen LogP contribution >= 0.6 is 0 Å². The van der Waals surface area contributed by atoms with Crippen molar-refractivity contribution < 1.29 is 34.0 Å². The van der Waals surface area contributed by atoms with Crippen molar-refractivity contribution in [3.05, 3.63) is 83.1 Å². The molecule has 0 saturated heterocycles. The second-order valence-corrected chi connectivity index (χ2v) is 7.62. The van der Waals surface area contributed by atoms with Gasteiger partial charge in [0, 0.05) is 28.3 Å². The highest BCUT2D eigenvalue weighted by molar-refractivity contribution is 5.92. The molecular weight excluding hydrogens is 452 g/mol. The zero-order valence-corrected chi connectivity index (χ0v) is 19.3. The van der Waals surface area contributed by atoms with Crippen molar-refractivity contribution in [2.24, 2.45) is 0 Å². The average molecular weight is 478 g/mol. The Balaban J connectivity index is 2.43. The van der Waals surface area contributed by atoms with Crippen LogP contribution in [0.15, 0.2) is 65.4 Å². The van der Waals surface area contributed by atoms with E-state index >= 15 is 0 Å². The number of carboxylic acid groups (broad SMARTS) is 1. The summed E-state index contributed by atoms with van der Waals surface area (Å²) in [5.74, 6) is -1.25. The SMILES string of the molecule is C=CCc1c(-c2cc(=O)c3c(O)c(CC=C)c(OCC(=O)O)c(CC=C)c3o2)ccc(OC)c1O. The Morgan fingerprint density at radius 1 is 1.00 bits per heavy atom.